The number of carbonyl (C=O) groups is 3. The molecule has 0 fully saturated rings. The Bertz CT molecular complexity index is 1640. The van der Waals surface area contributed by atoms with Crippen molar-refractivity contribution in [3.63, 3.8) is 0 Å². The number of allylic oxidation sites excluding steroid dienone is 20. The van der Waals surface area contributed by atoms with Gasteiger partial charge < -0.3 is 14.2 Å². The molecule has 0 amide bonds. The quantitative estimate of drug-likeness (QED) is 0.0261. The fourth-order valence-electron chi connectivity index (χ4n) is 9.02. The molecule has 0 aromatic heterocycles. The fourth-order valence-corrected chi connectivity index (χ4v) is 9.02. The summed E-state index contributed by atoms with van der Waals surface area (Å²) in [5, 5.41) is 0. The van der Waals surface area contributed by atoms with Gasteiger partial charge in [0.2, 0.25) is 0 Å². The molecule has 79 heavy (non-hydrogen) atoms. The van der Waals surface area contributed by atoms with Crippen molar-refractivity contribution in [1.29, 1.82) is 0 Å². The van der Waals surface area contributed by atoms with Crippen LogP contribution in [0.4, 0.5) is 0 Å². The number of hydrogen-bond donors (Lipinski definition) is 0. The molecule has 0 aliphatic carbocycles. The summed E-state index contributed by atoms with van der Waals surface area (Å²) in [6, 6.07) is 0. The fraction of sp³-hybridized carbons (Fsp3) is 0.685. The molecule has 0 radical (unpaired) electrons. The van der Waals surface area contributed by atoms with Crippen LogP contribution < -0.4 is 0 Å². The molecule has 0 saturated heterocycles. The topological polar surface area (TPSA) is 78.9 Å². The molecule has 1 atom stereocenters. The molecule has 0 bridgehead atoms. The van der Waals surface area contributed by atoms with Gasteiger partial charge in [0.15, 0.2) is 6.10 Å². The summed E-state index contributed by atoms with van der Waals surface area (Å²) in [7, 11) is 0. The molecule has 1 unspecified atom stereocenters. The molecular formula is C73H122O6. The minimum Gasteiger partial charge on any atom is -0.462 e. The predicted molar refractivity (Wildman–Crippen MR) is 343 cm³/mol. The Labute approximate surface area is 488 Å². The third-order valence-electron chi connectivity index (χ3n) is 14.0. The summed E-state index contributed by atoms with van der Waals surface area (Å²) in [5.74, 6) is -0.926. The highest BCUT2D eigenvalue weighted by molar-refractivity contribution is 5.71. The summed E-state index contributed by atoms with van der Waals surface area (Å²) in [6.45, 7) is 6.50. The van der Waals surface area contributed by atoms with Crippen molar-refractivity contribution in [3.8, 4) is 0 Å². The van der Waals surface area contributed by atoms with Gasteiger partial charge in [0.1, 0.15) is 13.2 Å². The molecule has 0 aromatic carbocycles. The lowest BCUT2D eigenvalue weighted by Gasteiger charge is -2.18. The first-order valence-electron chi connectivity index (χ1n) is 33.0. The zero-order valence-corrected chi connectivity index (χ0v) is 51.6. The summed E-state index contributed by atoms with van der Waals surface area (Å²) in [4.78, 5) is 38.3. The van der Waals surface area contributed by atoms with E-state index in [-0.39, 0.29) is 31.1 Å². The van der Waals surface area contributed by atoms with Gasteiger partial charge in [-0.2, -0.15) is 0 Å². The minimum atomic E-state index is -0.797. The van der Waals surface area contributed by atoms with Crippen LogP contribution in [0.1, 0.15) is 303 Å². The van der Waals surface area contributed by atoms with Crippen molar-refractivity contribution in [2.75, 3.05) is 13.2 Å². The Morgan fingerprint density at radius 2 is 0.494 bits per heavy atom. The van der Waals surface area contributed by atoms with Crippen molar-refractivity contribution in [2.24, 2.45) is 0 Å². The lowest BCUT2D eigenvalue weighted by Crippen LogP contribution is -2.30. The van der Waals surface area contributed by atoms with E-state index in [1.165, 1.54) is 135 Å². The van der Waals surface area contributed by atoms with Crippen molar-refractivity contribution in [1.82, 2.24) is 0 Å². The monoisotopic (exact) mass is 1090 g/mol. The van der Waals surface area contributed by atoms with E-state index in [2.05, 4.69) is 142 Å². The highest BCUT2D eigenvalue weighted by atomic mass is 16.6. The normalized spacial score (nSPS) is 12.9. The first-order chi connectivity index (χ1) is 39.0. The maximum absolute atomic E-state index is 12.9. The van der Waals surface area contributed by atoms with Gasteiger partial charge in [-0.3, -0.25) is 14.4 Å². The molecule has 0 aromatic rings. The minimum absolute atomic E-state index is 0.0922. The van der Waals surface area contributed by atoms with E-state index in [1.54, 1.807) is 0 Å². The second-order valence-corrected chi connectivity index (χ2v) is 21.6. The van der Waals surface area contributed by atoms with Crippen LogP contribution in [0.15, 0.2) is 122 Å². The van der Waals surface area contributed by atoms with Crippen molar-refractivity contribution in [2.45, 2.75) is 309 Å². The largest absolute Gasteiger partial charge is 0.462 e. The van der Waals surface area contributed by atoms with Gasteiger partial charge in [0.05, 0.1) is 0 Å². The van der Waals surface area contributed by atoms with Gasteiger partial charge in [-0.1, -0.05) is 290 Å². The van der Waals surface area contributed by atoms with Crippen LogP contribution in [0.2, 0.25) is 0 Å². The number of rotatable bonds is 59. The summed E-state index contributed by atoms with van der Waals surface area (Å²) in [5.41, 5.74) is 0. The summed E-state index contributed by atoms with van der Waals surface area (Å²) >= 11 is 0. The van der Waals surface area contributed by atoms with Crippen LogP contribution in [0.3, 0.4) is 0 Å². The van der Waals surface area contributed by atoms with Crippen LogP contribution in [0.25, 0.3) is 0 Å². The SMILES string of the molecule is CC/C=C\C/C=C\C/C=C\C/C=C\C/C=C\C/C=C\C/C=C\C/C=C\C/C=C\CCCCCC(=O)OCC(COC(=O)CCCCCCC/C=C\CCCCCCC)OC(=O)CCCCCCCCCCCCCCCCCC. The average Bonchev–Trinajstić information content (AvgIpc) is 3.45. The molecule has 0 heterocycles. The second-order valence-electron chi connectivity index (χ2n) is 21.6. The van der Waals surface area contributed by atoms with Crippen molar-refractivity contribution in [3.05, 3.63) is 122 Å². The third-order valence-corrected chi connectivity index (χ3v) is 14.0. The highest BCUT2D eigenvalue weighted by Crippen LogP contribution is 2.16. The third kappa shape index (κ3) is 64.5. The molecule has 0 saturated carbocycles. The van der Waals surface area contributed by atoms with Crippen molar-refractivity contribution >= 4 is 17.9 Å². The first-order valence-corrected chi connectivity index (χ1v) is 33.0. The van der Waals surface area contributed by atoms with E-state index in [0.29, 0.717) is 19.3 Å². The summed E-state index contributed by atoms with van der Waals surface area (Å²) < 4.78 is 16.9. The number of ether oxygens (including phenoxy) is 3. The first kappa shape index (κ1) is 74.8. The van der Waals surface area contributed by atoms with Crippen LogP contribution >= 0.6 is 0 Å². The van der Waals surface area contributed by atoms with Gasteiger partial charge in [-0.25, -0.2) is 0 Å². The maximum Gasteiger partial charge on any atom is 0.306 e. The smallest absolute Gasteiger partial charge is 0.306 e. The molecule has 450 valence electrons. The number of hydrogen-bond acceptors (Lipinski definition) is 6. The molecule has 6 heteroatoms. The standard InChI is InChI=1S/C73H122O6/c1-4-7-10-13-16-19-22-25-28-30-31-32-33-34-35-36-37-38-39-40-41-42-43-44-46-48-51-54-57-60-63-66-72(75)78-69-70(68-77-71(74)65-62-59-56-53-50-47-27-24-21-18-15-12-9-6-3)79-73(76)67-64-61-58-55-52-49-45-29-26-23-20-17-14-11-8-5-2/h7,10,16,19,24-25,27-28,31-32,34-35,37-38,40-41,43-44,48,51,70H,4-6,8-9,11-15,17-18,20-23,26,29-30,33,36,39,42,45-47,49-50,52-69H2,1-3H3/b10-7-,19-16-,27-24-,28-25-,32-31-,35-34-,38-37-,41-40-,44-43-,51-48-. The Hall–Kier alpha value is -4.19. The van der Waals surface area contributed by atoms with Crippen LogP contribution in [-0.2, 0) is 28.6 Å². The zero-order valence-electron chi connectivity index (χ0n) is 51.6. The Morgan fingerprint density at radius 3 is 0.797 bits per heavy atom. The van der Waals surface area contributed by atoms with E-state index < -0.39 is 6.10 Å². The van der Waals surface area contributed by atoms with E-state index in [0.717, 1.165) is 128 Å². The Kier molecular flexibility index (Phi) is 62.8. The van der Waals surface area contributed by atoms with Gasteiger partial charge in [0.25, 0.3) is 0 Å². The van der Waals surface area contributed by atoms with Crippen LogP contribution in [-0.4, -0.2) is 37.2 Å². The number of carbonyl (C=O) groups excluding carboxylic acids is 3. The Balaban J connectivity index is 4.38. The second kappa shape index (κ2) is 66.3. The lowest BCUT2D eigenvalue weighted by molar-refractivity contribution is -0.167. The predicted octanol–water partition coefficient (Wildman–Crippen LogP) is 22.8. The molecule has 0 N–H and O–H groups in total. The Morgan fingerprint density at radius 1 is 0.266 bits per heavy atom. The average molecular weight is 1100 g/mol. The van der Waals surface area contributed by atoms with Gasteiger partial charge in [0, 0.05) is 19.3 Å². The molecule has 0 aliphatic rings. The molecule has 0 aliphatic heterocycles. The van der Waals surface area contributed by atoms with Gasteiger partial charge in [-0.05, 0) is 116 Å². The van der Waals surface area contributed by atoms with Crippen LogP contribution in [0.5, 0.6) is 0 Å². The van der Waals surface area contributed by atoms with E-state index in [4.69, 9.17) is 14.2 Å². The van der Waals surface area contributed by atoms with E-state index >= 15 is 0 Å². The molecule has 0 rings (SSSR count). The zero-order chi connectivity index (χ0) is 57.1. The number of unbranched alkanes of at least 4 members (excludes halogenated alkanes) is 28. The molecule has 6 nitrogen and oxygen atoms in total. The van der Waals surface area contributed by atoms with E-state index in [1.807, 2.05) is 0 Å². The highest BCUT2D eigenvalue weighted by Gasteiger charge is 2.19. The van der Waals surface area contributed by atoms with E-state index in [9.17, 15) is 14.4 Å². The van der Waals surface area contributed by atoms with Crippen molar-refractivity contribution < 1.29 is 28.6 Å². The van der Waals surface area contributed by atoms with Gasteiger partial charge in [-0.15, -0.1) is 0 Å². The maximum atomic E-state index is 12.9. The van der Waals surface area contributed by atoms with Gasteiger partial charge >= 0.3 is 17.9 Å². The number of esters is 3. The lowest BCUT2D eigenvalue weighted by atomic mass is 10.0. The molecular weight excluding hydrogens is 973 g/mol. The summed E-state index contributed by atoms with van der Waals surface area (Å²) in [6.07, 6.45) is 92.1. The molecule has 0 spiro atoms. The van der Waals surface area contributed by atoms with Crippen LogP contribution in [0, 0.1) is 0 Å².